The van der Waals surface area contributed by atoms with Crippen molar-refractivity contribution in [2.45, 2.75) is 38.8 Å². The third kappa shape index (κ3) is 2.82. The van der Waals surface area contributed by atoms with Gasteiger partial charge in [0, 0.05) is 17.1 Å². The van der Waals surface area contributed by atoms with E-state index in [0.29, 0.717) is 0 Å². The van der Waals surface area contributed by atoms with Crippen molar-refractivity contribution in [3.63, 3.8) is 0 Å². The molecule has 1 aromatic rings. The molecular formula is C13H18BrN. The molecule has 1 saturated heterocycles. The fraction of sp³-hybridized carbons (Fsp3) is 0.538. The normalized spacial score (nSPS) is 22.9. The maximum Gasteiger partial charge on any atom is 0.0247 e. The molecule has 0 N–H and O–H groups in total. The van der Waals surface area contributed by atoms with Crippen molar-refractivity contribution in [2.24, 2.45) is 0 Å². The van der Waals surface area contributed by atoms with E-state index < -0.39 is 0 Å². The first kappa shape index (κ1) is 11.2. The third-order valence-corrected chi connectivity index (χ3v) is 4.05. The van der Waals surface area contributed by atoms with E-state index in [9.17, 15) is 0 Å². The van der Waals surface area contributed by atoms with Crippen LogP contribution >= 0.6 is 15.9 Å². The smallest absolute Gasteiger partial charge is 0.0247 e. The van der Waals surface area contributed by atoms with Gasteiger partial charge in [-0.15, -0.1) is 0 Å². The highest BCUT2D eigenvalue weighted by atomic mass is 79.9. The van der Waals surface area contributed by atoms with Gasteiger partial charge in [-0.2, -0.15) is 0 Å². The van der Waals surface area contributed by atoms with Crippen LogP contribution in [-0.4, -0.2) is 17.5 Å². The van der Waals surface area contributed by atoms with Crippen LogP contribution in [0.15, 0.2) is 28.7 Å². The zero-order valence-electron chi connectivity index (χ0n) is 9.25. The van der Waals surface area contributed by atoms with Crippen molar-refractivity contribution < 1.29 is 0 Å². The van der Waals surface area contributed by atoms with E-state index in [1.165, 1.54) is 35.8 Å². The predicted octanol–water partition coefficient (Wildman–Crippen LogP) is 3.82. The fourth-order valence-electron chi connectivity index (χ4n) is 2.24. The summed E-state index contributed by atoms with van der Waals surface area (Å²) >= 11 is 3.62. The molecule has 1 fully saturated rings. The molecule has 2 rings (SSSR count). The largest absolute Gasteiger partial charge is 0.296 e. The van der Waals surface area contributed by atoms with Gasteiger partial charge in [0.15, 0.2) is 0 Å². The molecule has 0 aromatic heterocycles. The quantitative estimate of drug-likeness (QED) is 0.788. The van der Waals surface area contributed by atoms with Crippen LogP contribution in [0.25, 0.3) is 0 Å². The van der Waals surface area contributed by atoms with E-state index in [-0.39, 0.29) is 0 Å². The molecule has 1 aliphatic heterocycles. The lowest BCUT2D eigenvalue weighted by molar-refractivity contribution is 0.152. The van der Waals surface area contributed by atoms with E-state index in [4.69, 9.17) is 0 Å². The summed E-state index contributed by atoms with van der Waals surface area (Å²) in [5.41, 5.74) is 1.41. The third-order valence-electron chi connectivity index (χ3n) is 3.27. The van der Waals surface area contributed by atoms with Gasteiger partial charge in [-0.3, -0.25) is 4.90 Å². The first-order valence-electron chi connectivity index (χ1n) is 5.75. The van der Waals surface area contributed by atoms with E-state index in [2.05, 4.69) is 52.0 Å². The van der Waals surface area contributed by atoms with Crippen molar-refractivity contribution in [3.8, 4) is 0 Å². The Balaban J connectivity index is 2.04. The van der Waals surface area contributed by atoms with E-state index in [1.54, 1.807) is 0 Å². The van der Waals surface area contributed by atoms with Crippen molar-refractivity contribution in [1.82, 2.24) is 4.90 Å². The Morgan fingerprint density at radius 1 is 1.33 bits per heavy atom. The summed E-state index contributed by atoms with van der Waals surface area (Å²) in [6.07, 6.45) is 4.10. The molecule has 1 nitrogen and oxygen atoms in total. The lowest BCUT2D eigenvalue weighted by atomic mass is 10.0. The SMILES string of the molecule is C[C@@H]1CCCCN1Cc1ccccc1Br. The number of benzene rings is 1. The predicted molar refractivity (Wildman–Crippen MR) is 67.9 cm³/mol. The minimum absolute atomic E-state index is 0.742. The zero-order chi connectivity index (χ0) is 10.7. The highest BCUT2D eigenvalue weighted by Crippen LogP contribution is 2.22. The number of rotatable bonds is 2. The summed E-state index contributed by atoms with van der Waals surface area (Å²) < 4.78 is 1.24. The first-order valence-corrected chi connectivity index (χ1v) is 6.54. The average Bonchev–Trinajstić information content (AvgIpc) is 2.24. The molecule has 1 atom stereocenters. The molecule has 0 spiro atoms. The molecule has 82 valence electrons. The molecule has 1 aliphatic rings. The van der Waals surface area contributed by atoms with Crippen molar-refractivity contribution in [1.29, 1.82) is 0 Å². The number of nitrogens with zero attached hydrogens (tertiary/aromatic N) is 1. The fourth-order valence-corrected chi connectivity index (χ4v) is 2.65. The lowest BCUT2D eigenvalue weighted by Crippen LogP contribution is -2.36. The summed E-state index contributed by atoms with van der Waals surface area (Å²) in [4.78, 5) is 2.59. The topological polar surface area (TPSA) is 3.24 Å². The van der Waals surface area contributed by atoms with Gasteiger partial charge < -0.3 is 0 Å². The number of likely N-dealkylation sites (tertiary alicyclic amines) is 1. The average molecular weight is 268 g/mol. The van der Waals surface area contributed by atoms with Gasteiger partial charge >= 0.3 is 0 Å². The second-order valence-electron chi connectivity index (χ2n) is 4.41. The molecule has 0 saturated carbocycles. The highest BCUT2D eigenvalue weighted by Gasteiger charge is 2.18. The number of hydrogen-bond donors (Lipinski definition) is 0. The van der Waals surface area contributed by atoms with Crippen LogP contribution < -0.4 is 0 Å². The molecule has 0 radical (unpaired) electrons. The molecule has 0 aliphatic carbocycles. The molecule has 15 heavy (non-hydrogen) atoms. The summed E-state index contributed by atoms with van der Waals surface area (Å²) in [5.74, 6) is 0. The Morgan fingerprint density at radius 3 is 2.87 bits per heavy atom. The summed E-state index contributed by atoms with van der Waals surface area (Å²) in [6.45, 7) is 4.68. The Hall–Kier alpha value is -0.340. The monoisotopic (exact) mass is 267 g/mol. The maximum atomic E-state index is 3.62. The van der Waals surface area contributed by atoms with Crippen molar-refractivity contribution in [2.75, 3.05) is 6.54 Å². The number of hydrogen-bond acceptors (Lipinski definition) is 1. The molecule has 0 bridgehead atoms. The molecule has 0 unspecified atom stereocenters. The Labute approximate surface area is 101 Å². The van der Waals surface area contributed by atoms with Gasteiger partial charge in [0.05, 0.1) is 0 Å². The molecular weight excluding hydrogens is 250 g/mol. The maximum absolute atomic E-state index is 3.62. The van der Waals surface area contributed by atoms with Crippen molar-refractivity contribution >= 4 is 15.9 Å². The van der Waals surface area contributed by atoms with Gasteiger partial charge in [0.1, 0.15) is 0 Å². The van der Waals surface area contributed by atoms with Gasteiger partial charge in [-0.25, -0.2) is 0 Å². The van der Waals surface area contributed by atoms with Crippen LogP contribution in [0.3, 0.4) is 0 Å². The Morgan fingerprint density at radius 2 is 2.13 bits per heavy atom. The molecule has 1 aromatic carbocycles. The highest BCUT2D eigenvalue weighted by molar-refractivity contribution is 9.10. The lowest BCUT2D eigenvalue weighted by Gasteiger charge is -2.33. The Bertz CT molecular complexity index is 324. The van der Waals surface area contributed by atoms with Gasteiger partial charge in [0.2, 0.25) is 0 Å². The molecule has 1 heterocycles. The summed E-state index contributed by atoms with van der Waals surface area (Å²) in [6, 6.07) is 9.28. The van der Waals surface area contributed by atoms with Crippen LogP contribution in [0.5, 0.6) is 0 Å². The van der Waals surface area contributed by atoms with Crippen LogP contribution in [0.2, 0.25) is 0 Å². The van der Waals surface area contributed by atoms with E-state index >= 15 is 0 Å². The van der Waals surface area contributed by atoms with E-state index in [1.807, 2.05) is 0 Å². The second kappa shape index (κ2) is 5.13. The van der Waals surface area contributed by atoms with Crippen LogP contribution in [0.4, 0.5) is 0 Å². The zero-order valence-corrected chi connectivity index (χ0v) is 10.8. The first-order chi connectivity index (χ1) is 7.27. The second-order valence-corrected chi connectivity index (χ2v) is 5.26. The minimum Gasteiger partial charge on any atom is -0.296 e. The van der Waals surface area contributed by atoms with Crippen LogP contribution in [-0.2, 0) is 6.54 Å². The van der Waals surface area contributed by atoms with Gasteiger partial charge in [-0.05, 0) is 37.9 Å². The van der Waals surface area contributed by atoms with Gasteiger partial charge in [-0.1, -0.05) is 40.5 Å². The summed E-state index contributed by atoms with van der Waals surface area (Å²) in [7, 11) is 0. The Kier molecular flexibility index (Phi) is 3.81. The van der Waals surface area contributed by atoms with E-state index in [0.717, 1.165) is 12.6 Å². The minimum atomic E-state index is 0.742. The molecule has 2 heteroatoms. The number of halogens is 1. The van der Waals surface area contributed by atoms with Gasteiger partial charge in [0.25, 0.3) is 0 Å². The number of piperidine rings is 1. The van der Waals surface area contributed by atoms with Crippen molar-refractivity contribution in [3.05, 3.63) is 34.3 Å². The van der Waals surface area contributed by atoms with Crippen LogP contribution in [0.1, 0.15) is 31.7 Å². The summed E-state index contributed by atoms with van der Waals surface area (Å²) in [5, 5.41) is 0. The molecule has 0 amide bonds. The standard InChI is InChI=1S/C13H18BrN/c1-11-6-4-5-9-15(11)10-12-7-2-3-8-13(12)14/h2-3,7-8,11H,4-6,9-10H2,1H3/t11-/m1/s1. The van der Waals surface area contributed by atoms with Crippen LogP contribution in [0, 0.1) is 0 Å².